The summed E-state index contributed by atoms with van der Waals surface area (Å²) < 4.78 is 5.74. The normalized spacial score (nSPS) is 11.6. The Labute approximate surface area is 111 Å². The van der Waals surface area contributed by atoms with Crippen LogP contribution in [0.15, 0.2) is 45.7 Å². The van der Waals surface area contributed by atoms with Crippen molar-refractivity contribution in [2.45, 2.75) is 0 Å². The molecule has 0 amide bonds. The number of aromatic nitrogens is 1. The summed E-state index contributed by atoms with van der Waals surface area (Å²) in [5.41, 5.74) is 0.818. The molecular formula is C15H9NO4. The van der Waals surface area contributed by atoms with Crippen molar-refractivity contribution in [2.75, 3.05) is 0 Å². The van der Waals surface area contributed by atoms with Crippen molar-refractivity contribution in [3.8, 4) is 11.6 Å². The number of hydrogen-bond acceptors (Lipinski definition) is 4. The molecule has 0 fully saturated rings. The molecule has 2 aromatic carbocycles. The van der Waals surface area contributed by atoms with E-state index in [1.807, 2.05) is 0 Å². The molecule has 20 heavy (non-hydrogen) atoms. The summed E-state index contributed by atoms with van der Waals surface area (Å²) in [7, 11) is 0. The minimum absolute atomic E-state index is 0.107. The molecule has 0 aliphatic rings. The van der Waals surface area contributed by atoms with Crippen molar-refractivity contribution in [3.63, 3.8) is 0 Å². The van der Waals surface area contributed by atoms with Gasteiger partial charge in [0.2, 0.25) is 5.88 Å². The first-order valence-corrected chi connectivity index (χ1v) is 6.04. The van der Waals surface area contributed by atoms with E-state index in [1.165, 1.54) is 12.1 Å². The predicted molar refractivity (Wildman–Crippen MR) is 75.2 cm³/mol. The van der Waals surface area contributed by atoms with Crippen LogP contribution in [0.4, 0.5) is 0 Å². The van der Waals surface area contributed by atoms with Gasteiger partial charge in [-0.3, -0.25) is 4.79 Å². The molecule has 0 radical (unpaired) electrons. The molecule has 0 saturated carbocycles. The number of hydrogen-bond donors (Lipinski definition) is 3. The van der Waals surface area contributed by atoms with E-state index >= 15 is 0 Å². The Bertz CT molecular complexity index is 1040. The lowest BCUT2D eigenvalue weighted by atomic mass is 10.0. The third-order valence-corrected chi connectivity index (χ3v) is 3.46. The van der Waals surface area contributed by atoms with E-state index in [0.717, 1.165) is 0 Å². The summed E-state index contributed by atoms with van der Waals surface area (Å²) in [4.78, 5) is 14.6. The molecule has 4 rings (SSSR count). The minimum Gasteiger partial charge on any atom is -0.508 e. The van der Waals surface area contributed by atoms with Gasteiger partial charge in [-0.1, -0.05) is 0 Å². The predicted octanol–water partition coefficient (Wildman–Crippen LogP) is 2.84. The Morgan fingerprint density at radius 3 is 2.60 bits per heavy atom. The van der Waals surface area contributed by atoms with E-state index in [1.54, 1.807) is 24.4 Å². The lowest BCUT2D eigenvalue weighted by Gasteiger charge is -2.09. The first-order chi connectivity index (χ1) is 9.65. The van der Waals surface area contributed by atoms with Gasteiger partial charge in [-0.25, -0.2) is 0 Å². The maximum absolute atomic E-state index is 11.9. The van der Waals surface area contributed by atoms with Crippen LogP contribution in [0.5, 0.6) is 11.6 Å². The third kappa shape index (κ3) is 1.29. The van der Waals surface area contributed by atoms with Gasteiger partial charge < -0.3 is 19.6 Å². The second-order valence-corrected chi connectivity index (χ2v) is 4.65. The summed E-state index contributed by atoms with van der Waals surface area (Å²) in [6.07, 6.45) is 1.60. The molecule has 0 saturated heterocycles. The zero-order valence-corrected chi connectivity index (χ0v) is 10.2. The Morgan fingerprint density at radius 2 is 1.75 bits per heavy atom. The Morgan fingerprint density at radius 1 is 0.950 bits per heavy atom. The average Bonchev–Trinajstić information content (AvgIpc) is 2.44. The summed E-state index contributed by atoms with van der Waals surface area (Å²) in [5.74, 6) is -0.0851. The Hall–Kier alpha value is -2.95. The number of rotatable bonds is 0. The van der Waals surface area contributed by atoms with Crippen molar-refractivity contribution >= 4 is 32.7 Å². The van der Waals surface area contributed by atoms with Crippen LogP contribution >= 0.6 is 0 Å². The summed E-state index contributed by atoms with van der Waals surface area (Å²) in [5, 5.41) is 21.6. The van der Waals surface area contributed by atoms with E-state index in [2.05, 4.69) is 4.98 Å². The molecule has 98 valence electrons. The van der Waals surface area contributed by atoms with E-state index < -0.39 is 0 Å². The Balaban J connectivity index is 2.43. The van der Waals surface area contributed by atoms with Crippen molar-refractivity contribution in [1.29, 1.82) is 0 Å². The quantitative estimate of drug-likeness (QED) is 0.338. The minimum atomic E-state index is -0.286. The first-order valence-electron chi connectivity index (χ1n) is 6.04. The molecule has 4 aromatic rings. The van der Waals surface area contributed by atoms with Gasteiger partial charge in [0.05, 0.1) is 5.39 Å². The number of H-pyrrole nitrogens is 1. The molecule has 0 unspecified atom stereocenters. The van der Waals surface area contributed by atoms with Gasteiger partial charge in [0.15, 0.2) is 5.43 Å². The van der Waals surface area contributed by atoms with Gasteiger partial charge in [-0.05, 0) is 30.3 Å². The van der Waals surface area contributed by atoms with Crippen molar-refractivity contribution in [1.82, 2.24) is 4.98 Å². The monoisotopic (exact) mass is 267 g/mol. The van der Waals surface area contributed by atoms with Crippen LogP contribution < -0.4 is 5.43 Å². The number of pyridine rings is 1. The van der Waals surface area contributed by atoms with Gasteiger partial charge in [-0.15, -0.1) is 0 Å². The molecule has 3 N–H and O–H groups in total. The molecule has 0 atom stereocenters. The van der Waals surface area contributed by atoms with Crippen LogP contribution in [0, 0.1) is 0 Å². The highest BCUT2D eigenvalue weighted by atomic mass is 16.3. The smallest absolute Gasteiger partial charge is 0.200 e. The van der Waals surface area contributed by atoms with Crippen LogP contribution in [0.1, 0.15) is 0 Å². The fourth-order valence-electron chi connectivity index (χ4n) is 2.59. The van der Waals surface area contributed by atoms with Crippen LogP contribution in [0.25, 0.3) is 32.7 Å². The van der Waals surface area contributed by atoms with E-state index in [0.29, 0.717) is 27.3 Å². The molecule has 0 aliphatic carbocycles. The zero-order valence-electron chi connectivity index (χ0n) is 10.2. The summed E-state index contributed by atoms with van der Waals surface area (Å²) in [6.45, 7) is 0. The van der Waals surface area contributed by atoms with E-state index in [4.69, 9.17) is 4.42 Å². The topological polar surface area (TPSA) is 86.5 Å². The van der Waals surface area contributed by atoms with Gasteiger partial charge >= 0.3 is 0 Å². The van der Waals surface area contributed by atoms with E-state index in [-0.39, 0.29) is 22.4 Å². The molecule has 0 spiro atoms. The summed E-state index contributed by atoms with van der Waals surface area (Å²) in [6, 6.07) is 7.71. The molecule has 5 nitrogen and oxygen atoms in total. The highest BCUT2D eigenvalue weighted by Crippen LogP contribution is 2.35. The molecule has 5 heteroatoms. The van der Waals surface area contributed by atoms with Gasteiger partial charge in [0.1, 0.15) is 16.9 Å². The molecular weight excluding hydrogens is 258 g/mol. The number of nitrogens with one attached hydrogen (secondary N) is 1. The SMILES string of the molecule is O=c1ccc2oc3ccc(O)cc3c3c[nH]c(O)c1c23. The lowest BCUT2D eigenvalue weighted by molar-refractivity contribution is 0.460. The number of aromatic hydroxyl groups is 2. The number of benzene rings is 2. The number of phenolic OH excluding ortho intramolecular Hbond substituents is 1. The largest absolute Gasteiger partial charge is 0.508 e. The van der Waals surface area contributed by atoms with E-state index in [9.17, 15) is 15.0 Å². The highest BCUT2D eigenvalue weighted by molar-refractivity contribution is 6.18. The van der Waals surface area contributed by atoms with Gasteiger partial charge in [0, 0.05) is 22.4 Å². The third-order valence-electron chi connectivity index (χ3n) is 3.46. The van der Waals surface area contributed by atoms with Crippen LogP contribution in [-0.4, -0.2) is 15.2 Å². The standard InChI is InChI=1S/C15H9NO4/c17-7-1-3-11-8(5-7)9-6-16-15(19)14-10(18)2-4-12(20-11)13(9)14/h1-6,16-17,19H. The maximum atomic E-state index is 11.9. The van der Waals surface area contributed by atoms with Crippen LogP contribution in [-0.2, 0) is 0 Å². The number of phenols is 1. The van der Waals surface area contributed by atoms with Gasteiger partial charge in [0.25, 0.3) is 0 Å². The lowest BCUT2D eigenvalue weighted by Crippen LogP contribution is -2.01. The van der Waals surface area contributed by atoms with Gasteiger partial charge in [-0.2, -0.15) is 0 Å². The maximum Gasteiger partial charge on any atom is 0.200 e. The van der Waals surface area contributed by atoms with Crippen LogP contribution in [0.3, 0.4) is 0 Å². The molecule has 0 aliphatic heterocycles. The first kappa shape index (κ1) is 10.9. The van der Waals surface area contributed by atoms with Crippen molar-refractivity contribution < 1.29 is 14.6 Å². The highest BCUT2D eigenvalue weighted by Gasteiger charge is 2.14. The average molecular weight is 267 g/mol. The van der Waals surface area contributed by atoms with Crippen LogP contribution in [0.2, 0.25) is 0 Å². The Kier molecular flexibility index (Phi) is 1.93. The molecule has 2 aromatic heterocycles. The molecule has 2 heterocycles. The fourth-order valence-corrected chi connectivity index (χ4v) is 2.59. The fraction of sp³-hybridized carbons (Fsp3) is 0. The molecule has 0 bridgehead atoms. The summed E-state index contributed by atoms with van der Waals surface area (Å²) >= 11 is 0. The number of aromatic amines is 1. The second-order valence-electron chi connectivity index (χ2n) is 4.65. The van der Waals surface area contributed by atoms with Crippen molar-refractivity contribution in [2.24, 2.45) is 0 Å². The van der Waals surface area contributed by atoms with Crippen molar-refractivity contribution in [3.05, 3.63) is 46.8 Å². The zero-order chi connectivity index (χ0) is 13.9. The number of fused-ring (bicyclic) bond motifs is 2. The second kappa shape index (κ2) is 3.54.